The van der Waals surface area contributed by atoms with Gasteiger partial charge in [0, 0.05) is 19.2 Å². The first-order valence-electron chi connectivity index (χ1n) is 9.62. The SMILES string of the molecule is CC(NC(=O)C=Cc1ccccc1)C(=O)NCc1ccc(OCCN(C)C)cc1. The molecule has 0 aromatic heterocycles. The van der Waals surface area contributed by atoms with E-state index in [0.29, 0.717) is 13.2 Å². The lowest BCUT2D eigenvalue weighted by atomic mass is 10.2. The minimum Gasteiger partial charge on any atom is -0.492 e. The van der Waals surface area contributed by atoms with Gasteiger partial charge in [-0.15, -0.1) is 0 Å². The number of benzene rings is 2. The molecule has 2 amide bonds. The Balaban J connectivity index is 1.73. The van der Waals surface area contributed by atoms with Gasteiger partial charge in [-0.05, 0) is 50.4 Å². The van der Waals surface area contributed by atoms with Crippen molar-refractivity contribution >= 4 is 17.9 Å². The van der Waals surface area contributed by atoms with Crippen LogP contribution in [-0.2, 0) is 16.1 Å². The molecule has 0 saturated carbocycles. The van der Waals surface area contributed by atoms with Crippen molar-refractivity contribution in [2.75, 3.05) is 27.2 Å². The molecular weight excluding hydrogens is 366 g/mol. The van der Waals surface area contributed by atoms with Gasteiger partial charge in [0.25, 0.3) is 0 Å². The van der Waals surface area contributed by atoms with Crippen LogP contribution in [0.2, 0.25) is 0 Å². The highest BCUT2D eigenvalue weighted by molar-refractivity contribution is 5.95. The number of rotatable bonds is 10. The van der Waals surface area contributed by atoms with Crippen molar-refractivity contribution in [1.29, 1.82) is 0 Å². The van der Waals surface area contributed by atoms with Crippen molar-refractivity contribution in [3.63, 3.8) is 0 Å². The quantitative estimate of drug-likeness (QED) is 0.607. The second-order valence-electron chi connectivity index (χ2n) is 6.99. The minimum atomic E-state index is -0.628. The summed E-state index contributed by atoms with van der Waals surface area (Å²) in [6.07, 6.45) is 3.14. The average molecular weight is 396 g/mol. The highest BCUT2D eigenvalue weighted by Gasteiger charge is 2.13. The zero-order valence-corrected chi connectivity index (χ0v) is 17.2. The smallest absolute Gasteiger partial charge is 0.244 e. The lowest BCUT2D eigenvalue weighted by Crippen LogP contribution is -2.44. The predicted octanol–water partition coefficient (Wildman–Crippen LogP) is 2.46. The summed E-state index contributed by atoms with van der Waals surface area (Å²) in [5, 5.41) is 5.50. The number of nitrogens with one attached hydrogen (secondary N) is 2. The lowest BCUT2D eigenvalue weighted by Gasteiger charge is -2.14. The van der Waals surface area contributed by atoms with Gasteiger partial charge in [0.15, 0.2) is 0 Å². The zero-order chi connectivity index (χ0) is 21.1. The van der Waals surface area contributed by atoms with Gasteiger partial charge in [0.2, 0.25) is 11.8 Å². The normalized spacial score (nSPS) is 12.0. The van der Waals surface area contributed by atoms with Crippen LogP contribution in [0.25, 0.3) is 6.08 Å². The first-order chi connectivity index (χ1) is 13.9. The van der Waals surface area contributed by atoms with Crippen LogP contribution in [0.3, 0.4) is 0 Å². The van der Waals surface area contributed by atoms with Gasteiger partial charge < -0.3 is 20.3 Å². The van der Waals surface area contributed by atoms with Crippen molar-refractivity contribution in [3.05, 3.63) is 71.8 Å². The summed E-state index contributed by atoms with van der Waals surface area (Å²) in [7, 11) is 4.00. The summed E-state index contributed by atoms with van der Waals surface area (Å²) < 4.78 is 5.65. The van der Waals surface area contributed by atoms with Crippen LogP contribution in [0, 0.1) is 0 Å². The van der Waals surface area contributed by atoms with E-state index in [4.69, 9.17) is 4.74 Å². The molecule has 1 atom stereocenters. The maximum absolute atomic E-state index is 12.2. The number of likely N-dealkylation sites (N-methyl/N-ethyl adjacent to an activating group) is 1. The van der Waals surface area contributed by atoms with E-state index >= 15 is 0 Å². The highest BCUT2D eigenvalue weighted by atomic mass is 16.5. The first-order valence-corrected chi connectivity index (χ1v) is 9.62. The standard InChI is InChI=1S/C23H29N3O3/c1-18(25-22(27)14-11-19-7-5-4-6-8-19)23(28)24-17-20-9-12-21(13-10-20)29-16-15-26(2)3/h4-14,18H,15-17H2,1-3H3,(H,24,28)(H,25,27). The Morgan fingerprint density at radius 1 is 1.07 bits per heavy atom. The van der Waals surface area contributed by atoms with E-state index < -0.39 is 6.04 Å². The molecule has 0 bridgehead atoms. The predicted molar refractivity (Wildman–Crippen MR) is 115 cm³/mol. The lowest BCUT2D eigenvalue weighted by molar-refractivity contribution is -0.126. The molecule has 2 aromatic rings. The third-order valence-electron chi connectivity index (χ3n) is 4.18. The van der Waals surface area contributed by atoms with E-state index in [9.17, 15) is 9.59 Å². The molecule has 2 aromatic carbocycles. The van der Waals surface area contributed by atoms with Gasteiger partial charge >= 0.3 is 0 Å². The van der Waals surface area contributed by atoms with E-state index in [1.807, 2.05) is 68.7 Å². The molecule has 0 radical (unpaired) electrons. The van der Waals surface area contributed by atoms with E-state index in [2.05, 4.69) is 15.5 Å². The number of nitrogens with zero attached hydrogens (tertiary/aromatic N) is 1. The van der Waals surface area contributed by atoms with Crippen molar-refractivity contribution < 1.29 is 14.3 Å². The van der Waals surface area contributed by atoms with Crippen LogP contribution in [0.4, 0.5) is 0 Å². The van der Waals surface area contributed by atoms with Gasteiger partial charge in [0.1, 0.15) is 18.4 Å². The molecule has 0 aliphatic carbocycles. The Hall–Kier alpha value is -3.12. The molecule has 29 heavy (non-hydrogen) atoms. The van der Waals surface area contributed by atoms with E-state index in [-0.39, 0.29) is 11.8 Å². The minimum absolute atomic E-state index is 0.238. The first kappa shape index (κ1) is 22.2. The van der Waals surface area contributed by atoms with Gasteiger partial charge in [0.05, 0.1) is 0 Å². The van der Waals surface area contributed by atoms with Gasteiger partial charge in [-0.25, -0.2) is 0 Å². The Labute approximate surface area is 172 Å². The fourth-order valence-electron chi connectivity index (χ4n) is 2.45. The molecular formula is C23H29N3O3. The van der Waals surface area contributed by atoms with Crippen molar-refractivity contribution in [1.82, 2.24) is 15.5 Å². The average Bonchev–Trinajstić information content (AvgIpc) is 2.72. The molecule has 0 aliphatic heterocycles. The molecule has 0 heterocycles. The van der Waals surface area contributed by atoms with Gasteiger partial charge in [-0.3, -0.25) is 9.59 Å². The number of hydrogen-bond donors (Lipinski definition) is 2. The van der Waals surface area contributed by atoms with Gasteiger partial charge in [-0.1, -0.05) is 42.5 Å². The van der Waals surface area contributed by atoms with Crippen molar-refractivity contribution in [3.8, 4) is 5.75 Å². The number of carbonyl (C=O) groups excluding carboxylic acids is 2. The maximum atomic E-state index is 12.2. The molecule has 0 fully saturated rings. The Morgan fingerprint density at radius 3 is 2.41 bits per heavy atom. The summed E-state index contributed by atoms with van der Waals surface area (Å²) in [5.74, 6) is 0.251. The van der Waals surface area contributed by atoms with Crippen LogP contribution < -0.4 is 15.4 Å². The van der Waals surface area contributed by atoms with E-state index in [1.165, 1.54) is 6.08 Å². The fraction of sp³-hybridized carbons (Fsp3) is 0.304. The van der Waals surface area contributed by atoms with Gasteiger partial charge in [-0.2, -0.15) is 0 Å². The highest BCUT2D eigenvalue weighted by Crippen LogP contribution is 2.12. The topological polar surface area (TPSA) is 70.7 Å². The second kappa shape index (κ2) is 11.7. The number of ether oxygens (including phenoxy) is 1. The van der Waals surface area contributed by atoms with Crippen LogP contribution in [0.1, 0.15) is 18.1 Å². The number of amides is 2. The molecule has 6 heteroatoms. The molecule has 1 unspecified atom stereocenters. The summed E-state index contributed by atoms with van der Waals surface area (Å²) in [6.45, 7) is 3.52. The number of carbonyl (C=O) groups is 2. The zero-order valence-electron chi connectivity index (χ0n) is 17.2. The van der Waals surface area contributed by atoms with Crippen LogP contribution >= 0.6 is 0 Å². The molecule has 0 spiro atoms. The molecule has 0 saturated heterocycles. The summed E-state index contributed by atoms with van der Waals surface area (Å²) in [5.41, 5.74) is 1.88. The van der Waals surface area contributed by atoms with E-state index in [1.54, 1.807) is 13.0 Å². The number of hydrogen-bond acceptors (Lipinski definition) is 4. The molecule has 2 rings (SSSR count). The second-order valence-corrected chi connectivity index (χ2v) is 6.99. The third-order valence-corrected chi connectivity index (χ3v) is 4.18. The van der Waals surface area contributed by atoms with E-state index in [0.717, 1.165) is 23.4 Å². The van der Waals surface area contributed by atoms with Crippen LogP contribution in [0.15, 0.2) is 60.7 Å². The Morgan fingerprint density at radius 2 is 1.76 bits per heavy atom. The molecule has 0 aliphatic rings. The molecule has 6 nitrogen and oxygen atoms in total. The summed E-state index contributed by atoms with van der Waals surface area (Å²) in [4.78, 5) is 26.3. The monoisotopic (exact) mass is 395 g/mol. The summed E-state index contributed by atoms with van der Waals surface area (Å²) >= 11 is 0. The fourth-order valence-corrected chi connectivity index (χ4v) is 2.45. The maximum Gasteiger partial charge on any atom is 0.244 e. The van der Waals surface area contributed by atoms with Crippen molar-refractivity contribution in [2.45, 2.75) is 19.5 Å². The Kier molecular flexibility index (Phi) is 8.92. The largest absolute Gasteiger partial charge is 0.492 e. The molecule has 154 valence electrons. The van der Waals surface area contributed by atoms with Crippen molar-refractivity contribution in [2.24, 2.45) is 0 Å². The third kappa shape index (κ3) is 8.62. The Bertz CT molecular complexity index is 802. The van der Waals surface area contributed by atoms with Crippen LogP contribution in [0.5, 0.6) is 5.75 Å². The summed E-state index contributed by atoms with van der Waals surface area (Å²) in [6, 6.07) is 16.5. The molecule has 2 N–H and O–H groups in total. The van der Waals surface area contributed by atoms with Crippen LogP contribution in [-0.4, -0.2) is 50.0 Å².